The van der Waals surface area contributed by atoms with Crippen LogP contribution in [0.4, 0.5) is 0 Å². The Morgan fingerprint density at radius 2 is 2.27 bits per heavy atom. The highest BCUT2D eigenvalue weighted by molar-refractivity contribution is 5.85. The summed E-state index contributed by atoms with van der Waals surface area (Å²) in [6, 6.07) is -0.335. The molecule has 1 aromatic heterocycles. The van der Waals surface area contributed by atoms with Gasteiger partial charge in [-0.2, -0.15) is 0 Å². The molecule has 1 aromatic rings. The first kappa shape index (κ1) is 14.2. The standard InChI is InChI=1S/C7H10N4O2.2ClH/c12-7(13)6-3-5(4-8-6)11-2-1-9-10-11;;/h1-2,5-6,8H,3-4H2,(H,12,13);2*1H/t5-,6+;;/m1../s1. The van der Waals surface area contributed by atoms with Crippen molar-refractivity contribution in [2.45, 2.75) is 18.5 Å². The van der Waals surface area contributed by atoms with Gasteiger partial charge in [0.1, 0.15) is 6.04 Å². The first-order chi connectivity index (χ1) is 6.27. The third-order valence-electron chi connectivity index (χ3n) is 2.22. The van der Waals surface area contributed by atoms with Crippen molar-refractivity contribution in [3.63, 3.8) is 0 Å². The van der Waals surface area contributed by atoms with Gasteiger partial charge in [-0.25, -0.2) is 4.68 Å². The molecule has 2 N–H and O–H groups in total. The number of carbonyl (C=O) groups is 1. The molecule has 86 valence electrons. The summed E-state index contributed by atoms with van der Waals surface area (Å²) in [6.45, 7) is 0.639. The number of nitrogens with zero attached hydrogens (tertiary/aromatic N) is 3. The molecule has 0 amide bonds. The molecule has 2 heterocycles. The average Bonchev–Trinajstić information content (AvgIpc) is 2.75. The van der Waals surface area contributed by atoms with Crippen molar-refractivity contribution in [2.75, 3.05) is 6.54 Å². The molecular formula is C7H12Cl2N4O2. The van der Waals surface area contributed by atoms with Crippen molar-refractivity contribution in [3.05, 3.63) is 12.4 Å². The maximum Gasteiger partial charge on any atom is 0.320 e. The van der Waals surface area contributed by atoms with Crippen LogP contribution in [0.3, 0.4) is 0 Å². The molecule has 0 aliphatic carbocycles. The topological polar surface area (TPSA) is 80.0 Å². The van der Waals surface area contributed by atoms with Crippen LogP contribution in [0, 0.1) is 0 Å². The van der Waals surface area contributed by atoms with Crippen LogP contribution in [-0.2, 0) is 4.79 Å². The minimum atomic E-state index is -0.803. The van der Waals surface area contributed by atoms with E-state index >= 15 is 0 Å². The molecule has 1 saturated heterocycles. The first-order valence-corrected chi connectivity index (χ1v) is 4.09. The summed E-state index contributed by atoms with van der Waals surface area (Å²) in [6.07, 6.45) is 3.91. The summed E-state index contributed by atoms with van der Waals surface area (Å²) in [4.78, 5) is 10.6. The molecule has 1 fully saturated rings. The third-order valence-corrected chi connectivity index (χ3v) is 2.22. The van der Waals surface area contributed by atoms with Gasteiger partial charge >= 0.3 is 5.97 Å². The Balaban J connectivity index is 0.000000980. The number of carboxylic acid groups (broad SMARTS) is 1. The highest BCUT2D eigenvalue weighted by atomic mass is 35.5. The summed E-state index contributed by atoms with van der Waals surface area (Å²) in [5.41, 5.74) is 0. The lowest BCUT2D eigenvalue weighted by Gasteiger charge is -2.06. The second-order valence-electron chi connectivity index (χ2n) is 3.07. The zero-order valence-electron chi connectivity index (χ0n) is 7.74. The normalized spacial score (nSPS) is 24.0. The highest BCUT2D eigenvalue weighted by Gasteiger charge is 2.30. The third kappa shape index (κ3) is 3.05. The molecule has 0 spiro atoms. The second-order valence-corrected chi connectivity index (χ2v) is 3.07. The van der Waals surface area contributed by atoms with Gasteiger partial charge in [0, 0.05) is 12.7 Å². The van der Waals surface area contributed by atoms with Crippen molar-refractivity contribution >= 4 is 30.8 Å². The van der Waals surface area contributed by atoms with Gasteiger partial charge in [0.25, 0.3) is 0 Å². The smallest absolute Gasteiger partial charge is 0.320 e. The molecule has 0 radical (unpaired) electrons. The fraction of sp³-hybridized carbons (Fsp3) is 0.571. The van der Waals surface area contributed by atoms with Crippen molar-refractivity contribution < 1.29 is 9.90 Å². The number of hydrogen-bond donors (Lipinski definition) is 2. The maximum atomic E-state index is 10.6. The maximum absolute atomic E-state index is 10.6. The van der Waals surface area contributed by atoms with E-state index in [0.717, 1.165) is 0 Å². The van der Waals surface area contributed by atoms with Crippen LogP contribution in [-0.4, -0.2) is 38.7 Å². The summed E-state index contributed by atoms with van der Waals surface area (Å²) < 4.78 is 1.69. The lowest BCUT2D eigenvalue weighted by atomic mass is 10.2. The number of halogens is 2. The Bertz CT molecular complexity index is 306. The van der Waals surface area contributed by atoms with E-state index in [4.69, 9.17) is 5.11 Å². The van der Waals surface area contributed by atoms with Gasteiger partial charge in [-0.05, 0) is 6.42 Å². The number of nitrogens with one attached hydrogen (secondary N) is 1. The van der Waals surface area contributed by atoms with Gasteiger partial charge < -0.3 is 10.4 Å². The highest BCUT2D eigenvalue weighted by Crippen LogP contribution is 2.17. The van der Waals surface area contributed by atoms with E-state index in [2.05, 4.69) is 15.6 Å². The Morgan fingerprint density at radius 1 is 1.53 bits per heavy atom. The molecule has 2 atom stereocenters. The SMILES string of the molecule is Cl.Cl.O=C(O)[C@@H]1C[C@@H](n2ccnn2)CN1. The molecule has 2 rings (SSSR count). The van der Waals surface area contributed by atoms with E-state index in [1.165, 1.54) is 0 Å². The minimum absolute atomic E-state index is 0. The summed E-state index contributed by atoms with van der Waals surface area (Å²) in [5.74, 6) is -0.803. The molecule has 0 bridgehead atoms. The van der Waals surface area contributed by atoms with Crippen molar-refractivity contribution in [1.82, 2.24) is 20.3 Å². The largest absolute Gasteiger partial charge is 0.480 e. The monoisotopic (exact) mass is 254 g/mol. The van der Waals surface area contributed by atoms with Gasteiger partial charge in [-0.1, -0.05) is 5.21 Å². The van der Waals surface area contributed by atoms with Gasteiger partial charge in [0.15, 0.2) is 0 Å². The predicted octanol–water partition coefficient (Wildman–Crippen LogP) is 0.109. The van der Waals surface area contributed by atoms with E-state index in [1.807, 2.05) is 0 Å². The lowest BCUT2D eigenvalue weighted by Crippen LogP contribution is -2.29. The van der Waals surface area contributed by atoms with Gasteiger partial charge in [-0.3, -0.25) is 4.79 Å². The van der Waals surface area contributed by atoms with E-state index < -0.39 is 12.0 Å². The summed E-state index contributed by atoms with van der Waals surface area (Å²) in [7, 11) is 0. The molecular weight excluding hydrogens is 243 g/mol. The molecule has 1 aliphatic heterocycles. The van der Waals surface area contributed by atoms with Crippen molar-refractivity contribution in [1.29, 1.82) is 0 Å². The predicted molar refractivity (Wildman–Crippen MR) is 57.6 cm³/mol. The van der Waals surface area contributed by atoms with E-state index in [0.29, 0.717) is 13.0 Å². The van der Waals surface area contributed by atoms with E-state index in [9.17, 15) is 4.79 Å². The second kappa shape index (κ2) is 5.89. The quantitative estimate of drug-likeness (QED) is 0.784. The average molecular weight is 255 g/mol. The summed E-state index contributed by atoms with van der Waals surface area (Å²) >= 11 is 0. The molecule has 1 aliphatic rings. The Morgan fingerprint density at radius 3 is 2.73 bits per heavy atom. The fourth-order valence-electron chi connectivity index (χ4n) is 1.52. The number of carboxylic acids is 1. The molecule has 0 aromatic carbocycles. The van der Waals surface area contributed by atoms with E-state index in [-0.39, 0.29) is 30.9 Å². The van der Waals surface area contributed by atoms with Crippen LogP contribution in [0.5, 0.6) is 0 Å². The molecule has 8 heteroatoms. The number of aliphatic carboxylic acids is 1. The fourth-order valence-corrected chi connectivity index (χ4v) is 1.52. The number of hydrogen-bond acceptors (Lipinski definition) is 4. The van der Waals surface area contributed by atoms with Gasteiger partial charge in [0.2, 0.25) is 0 Å². The number of rotatable bonds is 2. The van der Waals surface area contributed by atoms with Crippen LogP contribution in [0.15, 0.2) is 12.4 Å². The molecule has 15 heavy (non-hydrogen) atoms. The Hall–Kier alpha value is -0.850. The van der Waals surface area contributed by atoms with Crippen LogP contribution >= 0.6 is 24.8 Å². The zero-order chi connectivity index (χ0) is 9.26. The molecule has 0 saturated carbocycles. The van der Waals surface area contributed by atoms with Crippen LogP contribution in [0.1, 0.15) is 12.5 Å². The van der Waals surface area contributed by atoms with Crippen molar-refractivity contribution in [3.8, 4) is 0 Å². The Labute approximate surface area is 98.9 Å². The van der Waals surface area contributed by atoms with Gasteiger partial charge in [0.05, 0.1) is 12.2 Å². The Kier molecular flexibility index (Phi) is 5.56. The molecule has 0 unspecified atom stereocenters. The van der Waals surface area contributed by atoms with Crippen LogP contribution in [0.2, 0.25) is 0 Å². The lowest BCUT2D eigenvalue weighted by molar-refractivity contribution is -0.139. The van der Waals surface area contributed by atoms with E-state index in [1.54, 1.807) is 17.1 Å². The number of aromatic nitrogens is 3. The molecule has 6 nitrogen and oxygen atoms in total. The zero-order valence-corrected chi connectivity index (χ0v) is 9.37. The summed E-state index contributed by atoms with van der Waals surface area (Å²) in [5, 5.41) is 19.1. The van der Waals surface area contributed by atoms with Crippen LogP contribution in [0.25, 0.3) is 0 Å². The van der Waals surface area contributed by atoms with Crippen LogP contribution < -0.4 is 5.32 Å². The minimum Gasteiger partial charge on any atom is -0.480 e. The van der Waals surface area contributed by atoms with Gasteiger partial charge in [-0.15, -0.1) is 29.9 Å². The van der Waals surface area contributed by atoms with Crippen molar-refractivity contribution in [2.24, 2.45) is 0 Å². The first-order valence-electron chi connectivity index (χ1n) is 4.09.